The first-order chi connectivity index (χ1) is 12.6. The Morgan fingerprint density at radius 3 is 2.31 bits per heavy atom. The van der Waals surface area contributed by atoms with Gasteiger partial charge in [-0.3, -0.25) is 14.8 Å². The zero-order chi connectivity index (χ0) is 18.8. The highest BCUT2D eigenvalue weighted by molar-refractivity contribution is 5.93. The Balaban J connectivity index is 1.70. The molecule has 2 aromatic rings. The Bertz CT molecular complexity index is 755. The molecule has 0 fully saturated rings. The predicted molar refractivity (Wildman–Crippen MR) is 96.2 cm³/mol. The van der Waals surface area contributed by atoms with Gasteiger partial charge in [-0.2, -0.15) is 0 Å². The normalized spacial score (nSPS) is 10.4. The van der Waals surface area contributed by atoms with Gasteiger partial charge in [-0.05, 0) is 48.0 Å². The van der Waals surface area contributed by atoms with Crippen LogP contribution in [-0.2, 0) is 4.79 Å². The van der Waals surface area contributed by atoms with Gasteiger partial charge in [-0.1, -0.05) is 12.1 Å². The van der Waals surface area contributed by atoms with Crippen LogP contribution in [0.25, 0.3) is 6.08 Å². The van der Waals surface area contributed by atoms with Crippen LogP contribution in [0.1, 0.15) is 15.9 Å². The van der Waals surface area contributed by atoms with Crippen molar-refractivity contribution >= 4 is 17.9 Å². The van der Waals surface area contributed by atoms with Gasteiger partial charge in [0.2, 0.25) is 5.91 Å². The SMILES string of the molecule is COc1ccc(/C=C/C(=O)NCCOc2ccc(C(=O)NO)cc2)cc1. The summed E-state index contributed by atoms with van der Waals surface area (Å²) in [6, 6.07) is 13.6. The molecule has 2 rings (SSSR count). The molecule has 7 nitrogen and oxygen atoms in total. The van der Waals surface area contributed by atoms with Crippen molar-refractivity contribution in [2.75, 3.05) is 20.3 Å². The molecule has 136 valence electrons. The van der Waals surface area contributed by atoms with Gasteiger partial charge in [-0.25, -0.2) is 5.48 Å². The van der Waals surface area contributed by atoms with Crippen LogP contribution in [0.2, 0.25) is 0 Å². The summed E-state index contributed by atoms with van der Waals surface area (Å²) in [5, 5.41) is 11.3. The van der Waals surface area contributed by atoms with Crippen molar-refractivity contribution in [3.05, 3.63) is 65.7 Å². The van der Waals surface area contributed by atoms with Gasteiger partial charge < -0.3 is 14.8 Å². The van der Waals surface area contributed by atoms with E-state index in [0.29, 0.717) is 17.9 Å². The van der Waals surface area contributed by atoms with Crippen LogP contribution in [0.5, 0.6) is 11.5 Å². The van der Waals surface area contributed by atoms with Crippen molar-refractivity contribution in [1.82, 2.24) is 10.8 Å². The minimum atomic E-state index is -0.590. The van der Waals surface area contributed by atoms with E-state index in [-0.39, 0.29) is 12.5 Å². The number of ether oxygens (including phenoxy) is 2. The molecule has 2 amide bonds. The Hall–Kier alpha value is -3.32. The van der Waals surface area contributed by atoms with Crippen molar-refractivity contribution < 1.29 is 24.3 Å². The smallest absolute Gasteiger partial charge is 0.274 e. The molecule has 0 saturated carbocycles. The molecule has 0 aliphatic carbocycles. The second kappa shape index (κ2) is 9.85. The quantitative estimate of drug-likeness (QED) is 0.291. The van der Waals surface area contributed by atoms with E-state index in [1.807, 2.05) is 24.3 Å². The topological polar surface area (TPSA) is 96.9 Å². The van der Waals surface area contributed by atoms with Crippen LogP contribution in [0.4, 0.5) is 0 Å². The summed E-state index contributed by atoms with van der Waals surface area (Å²) < 4.78 is 10.5. The standard InChI is InChI=1S/C19H20N2O5/c1-25-16-7-2-14(3-8-16)4-11-18(22)20-12-13-26-17-9-5-15(6-10-17)19(23)21-24/h2-11,24H,12-13H2,1H3,(H,20,22)(H,21,23)/b11-4+. The Morgan fingerprint density at radius 1 is 1.04 bits per heavy atom. The second-order valence-electron chi connectivity index (χ2n) is 5.21. The molecule has 0 unspecified atom stereocenters. The molecule has 0 radical (unpaired) electrons. The summed E-state index contributed by atoms with van der Waals surface area (Å²) in [4.78, 5) is 23.0. The number of rotatable bonds is 8. The van der Waals surface area contributed by atoms with Gasteiger partial charge in [0.05, 0.1) is 13.7 Å². The molecule has 7 heteroatoms. The Labute approximate surface area is 151 Å². The number of carbonyl (C=O) groups is 2. The molecule has 0 saturated heterocycles. The maximum atomic E-state index is 11.8. The number of carbonyl (C=O) groups excluding carboxylic acids is 2. The maximum Gasteiger partial charge on any atom is 0.274 e. The second-order valence-corrected chi connectivity index (χ2v) is 5.21. The van der Waals surface area contributed by atoms with Gasteiger partial charge in [0.1, 0.15) is 18.1 Å². The van der Waals surface area contributed by atoms with Crippen molar-refractivity contribution in [2.24, 2.45) is 0 Å². The van der Waals surface area contributed by atoms with Crippen molar-refractivity contribution in [3.8, 4) is 11.5 Å². The summed E-state index contributed by atoms with van der Waals surface area (Å²) in [7, 11) is 1.60. The highest BCUT2D eigenvalue weighted by Gasteiger charge is 2.03. The van der Waals surface area contributed by atoms with Crippen LogP contribution in [0, 0.1) is 0 Å². The highest BCUT2D eigenvalue weighted by atomic mass is 16.5. The zero-order valence-corrected chi connectivity index (χ0v) is 14.3. The van der Waals surface area contributed by atoms with Crippen LogP contribution < -0.4 is 20.3 Å². The Kier molecular flexibility index (Phi) is 7.20. The summed E-state index contributed by atoms with van der Waals surface area (Å²) in [5.41, 5.74) is 2.76. The molecule has 0 atom stereocenters. The summed E-state index contributed by atoms with van der Waals surface area (Å²) >= 11 is 0. The number of amides is 2. The largest absolute Gasteiger partial charge is 0.497 e. The van der Waals surface area contributed by atoms with Gasteiger partial charge in [0.25, 0.3) is 5.91 Å². The highest BCUT2D eigenvalue weighted by Crippen LogP contribution is 2.13. The molecule has 0 aliphatic heterocycles. The lowest BCUT2D eigenvalue weighted by molar-refractivity contribution is -0.116. The minimum Gasteiger partial charge on any atom is -0.497 e. The third-order valence-electron chi connectivity index (χ3n) is 3.43. The molecule has 0 spiro atoms. The third-order valence-corrected chi connectivity index (χ3v) is 3.43. The molecule has 0 bridgehead atoms. The van der Waals surface area contributed by atoms with E-state index in [1.165, 1.54) is 18.2 Å². The maximum absolute atomic E-state index is 11.8. The van der Waals surface area contributed by atoms with E-state index in [1.54, 1.807) is 30.8 Å². The Morgan fingerprint density at radius 2 is 1.69 bits per heavy atom. The number of hydroxylamine groups is 1. The average Bonchev–Trinajstić information content (AvgIpc) is 2.70. The first-order valence-corrected chi connectivity index (χ1v) is 7.89. The molecule has 0 heterocycles. The number of hydrogen-bond donors (Lipinski definition) is 3. The molecule has 2 aromatic carbocycles. The molecular weight excluding hydrogens is 336 g/mol. The molecule has 3 N–H and O–H groups in total. The van der Waals surface area contributed by atoms with Gasteiger partial charge in [0.15, 0.2) is 0 Å². The first kappa shape index (κ1) is 19.0. The fraction of sp³-hybridized carbons (Fsp3) is 0.158. The van der Waals surface area contributed by atoms with Crippen LogP contribution in [0.3, 0.4) is 0 Å². The summed E-state index contributed by atoms with van der Waals surface area (Å²) in [6.07, 6.45) is 3.16. The molecule has 0 aliphatic rings. The fourth-order valence-electron chi connectivity index (χ4n) is 2.06. The van der Waals surface area contributed by atoms with Crippen LogP contribution >= 0.6 is 0 Å². The van der Waals surface area contributed by atoms with Crippen LogP contribution in [0.15, 0.2) is 54.6 Å². The van der Waals surface area contributed by atoms with Crippen molar-refractivity contribution in [3.63, 3.8) is 0 Å². The van der Waals surface area contributed by atoms with Crippen molar-refractivity contribution in [1.29, 1.82) is 0 Å². The monoisotopic (exact) mass is 356 g/mol. The number of nitrogens with one attached hydrogen (secondary N) is 2. The van der Waals surface area contributed by atoms with E-state index in [9.17, 15) is 9.59 Å². The van der Waals surface area contributed by atoms with Gasteiger partial charge >= 0.3 is 0 Å². The lowest BCUT2D eigenvalue weighted by atomic mass is 10.2. The van der Waals surface area contributed by atoms with Crippen molar-refractivity contribution in [2.45, 2.75) is 0 Å². The summed E-state index contributed by atoms with van der Waals surface area (Å²) in [6.45, 7) is 0.623. The third kappa shape index (κ3) is 5.95. The fourth-order valence-corrected chi connectivity index (χ4v) is 2.06. The van der Waals surface area contributed by atoms with Crippen LogP contribution in [-0.4, -0.2) is 37.3 Å². The average molecular weight is 356 g/mol. The van der Waals surface area contributed by atoms with E-state index < -0.39 is 5.91 Å². The molecule has 26 heavy (non-hydrogen) atoms. The van der Waals surface area contributed by atoms with Gasteiger partial charge in [0, 0.05) is 11.6 Å². The molecular formula is C19H20N2O5. The lowest BCUT2D eigenvalue weighted by Crippen LogP contribution is -2.26. The number of methoxy groups -OCH3 is 1. The molecule has 0 aromatic heterocycles. The number of benzene rings is 2. The number of hydrogen-bond acceptors (Lipinski definition) is 5. The summed E-state index contributed by atoms with van der Waals surface area (Å²) in [5.74, 6) is 0.503. The van der Waals surface area contributed by atoms with E-state index >= 15 is 0 Å². The van der Waals surface area contributed by atoms with E-state index in [2.05, 4.69) is 5.32 Å². The van der Waals surface area contributed by atoms with E-state index in [0.717, 1.165) is 11.3 Å². The zero-order valence-electron chi connectivity index (χ0n) is 14.3. The van der Waals surface area contributed by atoms with Gasteiger partial charge in [-0.15, -0.1) is 0 Å². The minimum absolute atomic E-state index is 0.223. The van der Waals surface area contributed by atoms with E-state index in [4.69, 9.17) is 14.7 Å². The first-order valence-electron chi connectivity index (χ1n) is 7.89. The lowest BCUT2D eigenvalue weighted by Gasteiger charge is -2.07. The predicted octanol–water partition coefficient (Wildman–Crippen LogP) is 2.02.